The van der Waals surface area contributed by atoms with Gasteiger partial charge in [0.15, 0.2) is 37.4 Å². The van der Waals surface area contributed by atoms with Crippen molar-refractivity contribution in [3.8, 4) is 34.7 Å². The first-order chi connectivity index (χ1) is 39.8. The molecule has 0 aliphatic heterocycles. The number of hydrogen-bond donors (Lipinski definition) is 1. The molecule has 8 aromatic rings. The van der Waals surface area contributed by atoms with Crippen LogP contribution in [0, 0.1) is 35.8 Å². The van der Waals surface area contributed by atoms with Crippen molar-refractivity contribution in [3.63, 3.8) is 0 Å². The number of likely N-dealkylation sites (N-methyl/N-ethyl adjacent to an activating group) is 2. The molecule has 0 bridgehead atoms. The van der Waals surface area contributed by atoms with Gasteiger partial charge in [0.25, 0.3) is 17.6 Å². The minimum Gasteiger partial charge on any atom is -0.478 e. The predicted octanol–water partition coefficient (Wildman–Crippen LogP) is 11.6. The van der Waals surface area contributed by atoms with Crippen molar-refractivity contribution < 1.29 is 38.6 Å². The first-order valence-electron chi connectivity index (χ1n) is 24.7. The largest absolute Gasteiger partial charge is 0.478 e. The van der Waals surface area contributed by atoms with Crippen LogP contribution in [0.2, 0.25) is 0 Å². The van der Waals surface area contributed by atoms with Crippen molar-refractivity contribution in [1.82, 2.24) is 29.1 Å². The number of ketones is 1. The molecule has 24 nitrogen and oxygen atoms in total. The summed E-state index contributed by atoms with van der Waals surface area (Å²) < 4.78 is 13.9. The third-order valence-electron chi connectivity index (χ3n) is 12.1. The number of hydrogen-bond acceptors (Lipinski definition) is 21. The van der Waals surface area contributed by atoms with E-state index in [9.17, 15) is 30.0 Å². The number of aromatic carboxylic acids is 1. The molecule has 26 heteroatoms. The maximum absolute atomic E-state index is 13.1. The van der Waals surface area contributed by atoms with Gasteiger partial charge in [0.1, 0.15) is 36.7 Å². The second-order valence-corrected chi connectivity index (χ2v) is 18.9. The highest BCUT2D eigenvalue weighted by molar-refractivity contribution is 7.20. The molecular weight excluding hydrogens is 1090 g/mol. The highest BCUT2D eigenvalue weighted by Gasteiger charge is 2.27. The minimum atomic E-state index is -1.35. The molecule has 82 heavy (non-hydrogen) atoms. The van der Waals surface area contributed by atoms with Crippen molar-refractivity contribution in [2.45, 2.75) is 33.9 Å². The van der Waals surface area contributed by atoms with Gasteiger partial charge in [0.05, 0.1) is 30.8 Å². The molecule has 0 aliphatic carbocycles. The highest BCUT2D eigenvalue weighted by atomic mass is 32.1. The number of carboxylic acid groups (broad SMARTS) is 1. The normalized spacial score (nSPS) is 10.7. The summed E-state index contributed by atoms with van der Waals surface area (Å²) >= 11 is 2.53. The van der Waals surface area contributed by atoms with E-state index in [1.54, 1.807) is 19.2 Å². The van der Waals surface area contributed by atoms with Crippen LogP contribution in [-0.2, 0) is 32.2 Å². The van der Waals surface area contributed by atoms with Gasteiger partial charge in [-0.1, -0.05) is 131 Å². The van der Waals surface area contributed by atoms with E-state index in [0.717, 1.165) is 17.2 Å². The van der Waals surface area contributed by atoms with Crippen LogP contribution in [0.1, 0.15) is 74.4 Å². The summed E-state index contributed by atoms with van der Waals surface area (Å²) in [4.78, 5) is 83.0. The van der Waals surface area contributed by atoms with Gasteiger partial charge in [0.2, 0.25) is 0 Å². The van der Waals surface area contributed by atoms with Crippen molar-refractivity contribution in [2.24, 2.45) is 20.5 Å². The molecule has 0 spiro atoms. The Kier molecular flexibility index (Phi) is 20.3. The monoisotopic (exact) mass is 1130 g/mol. The quantitative estimate of drug-likeness (QED) is 0.0269. The van der Waals surface area contributed by atoms with Crippen molar-refractivity contribution >= 4 is 90.3 Å². The molecule has 4 aromatic heterocycles. The van der Waals surface area contributed by atoms with Crippen molar-refractivity contribution in [2.75, 3.05) is 56.3 Å². The van der Waals surface area contributed by atoms with E-state index in [2.05, 4.69) is 51.1 Å². The lowest BCUT2D eigenvalue weighted by Gasteiger charge is -2.19. The average molecular weight is 1140 g/mol. The van der Waals surface area contributed by atoms with Crippen LogP contribution >= 0.6 is 22.7 Å². The van der Waals surface area contributed by atoms with Gasteiger partial charge >= 0.3 is 24.0 Å². The summed E-state index contributed by atoms with van der Waals surface area (Å²) in [5, 5.41) is 50.7. The van der Waals surface area contributed by atoms with Gasteiger partial charge < -0.3 is 34.1 Å². The lowest BCUT2D eigenvalue weighted by atomic mass is 10.0. The highest BCUT2D eigenvalue weighted by Crippen LogP contribution is 2.43. The lowest BCUT2D eigenvalue weighted by Crippen LogP contribution is -2.28. The summed E-state index contributed by atoms with van der Waals surface area (Å²) in [5.74, 6) is -2.91. The Bertz CT molecular complexity index is 3910. The van der Waals surface area contributed by atoms with E-state index < -0.39 is 17.7 Å². The Morgan fingerprint density at radius 3 is 1.70 bits per heavy atom. The van der Waals surface area contributed by atoms with Crippen molar-refractivity contribution in [1.29, 1.82) is 10.5 Å². The third kappa shape index (κ3) is 13.7. The number of esters is 1. The summed E-state index contributed by atoms with van der Waals surface area (Å²) in [6.45, 7) is 23.5. The van der Waals surface area contributed by atoms with Crippen LogP contribution < -0.4 is 9.80 Å². The van der Waals surface area contributed by atoms with E-state index in [0.29, 0.717) is 69.0 Å². The van der Waals surface area contributed by atoms with E-state index in [1.807, 2.05) is 97.6 Å². The smallest absolute Gasteiger partial charge is 0.417 e. The lowest BCUT2D eigenvalue weighted by molar-refractivity contribution is -0.191. The Labute approximate surface area is 476 Å². The molecule has 0 saturated heterocycles. The molecule has 0 atom stereocenters. The summed E-state index contributed by atoms with van der Waals surface area (Å²) in [7, 11) is 1.64. The number of carbonyl (C=O) groups excluding carboxylic acids is 4. The molecule has 8 rings (SSSR count). The predicted molar refractivity (Wildman–Crippen MR) is 301 cm³/mol. The molecule has 410 valence electrons. The molecule has 0 fully saturated rings. The number of methoxy groups -OCH3 is 1. The molecule has 0 amide bonds. The zero-order chi connectivity index (χ0) is 58.7. The number of nitrogens with zero attached hydrogens (tertiary/aromatic N) is 16. The molecule has 1 N–H and O–H groups in total. The van der Waals surface area contributed by atoms with Crippen LogP contribution in [0.3, 0.4) is 0 Å². The van der Waals surface area contributed by atoms with E-state index in [4.69, 9.17) is 42.2 Å². The minimum absolute atomic E-state index is 0.00608. The summed E-state index contributed by atoms with van der Waals surface area (Å²) in [6, 6.07) is 33.9. The fourth-order valence-electron chi connectivity index (χ4n) is 8.12. The second kappa shape index (κ2) is 28.2. The zero-order valence-electron chi connectivity index (χ0n) is 44.2. The number of carboxylic acids is 1. The maximum Gasteiger partial charge on any atom is 0.417 e. The molecule has 4 aromatic carbocycles. The Balaban J connectivity index is 0.00000316. The van der Waals surface area contributed by atoms with E-state index in [1.165, 1.54) is 50.9 Å². The Morgan fingerprint density at radius 2 is 1.22 bits per heavy atom. The molecule has 4 heterocycles. The van der Waals surface area contributed by atoms with E-state index in [-0.39, 0.29) is 84.0 Å². The average Bonchev–Trinajstić information content (AvgIpc) is 4.36. The van der Waals surface area contributed by atoms with Crippen LogP contribution in [0.5, 0.6) is 0 Å². The number of rotatable bonds is 23. The topological polar surface area (TPSA) is 298 Å². The van der Waals surface area contributed by atoms with Crippen LogP contribution in [0.15, 0.2) is 124 Å². The molecule has 0 aliphatic rings. The third-order valence-corrected chi connectivity index (χ3v) is 14.1. The second-order valence-electron chi connectivity index (χ2n) is 17.0. The Morgan fingerprint density at radius 1 is 0.695 bits per heavy atom. The fourth-order valence-corrected chi connectivity index (χ4v) is 10.1. The van der Waals surface area contributed by atoms with Gasteiger partial charge in [-0.25, -0.2) is 24.1 Å². The molecule has 0 unspecified atom stereocenters. The molecule has 0 saturated carbocycles. The first kappa shape index (κ1) is 58.9. The summed E-state index contributed by atoms with van der Waals surface area (Å²) in [6.07, 6.45) is 0.250. The number of anilines is 2. The number of benzene rings is 4. The van der Waals surface area contributed by atoms with Gasteiger partial charge in [-0.05, 0) is 50.1 Å². The number of nitriles is 2. The number of carbonyl (C=O) groups is 3. The van der Waals surface area contributed by atoms with Gasteiger partial charge in [0, 0.05) is 43.4 Å². The standard InChI is InChI=1S/C55H46N16O6S2.CO2/c1-7-68(25-27-76-6)54-61-44(35-17-11-9-12-18-35)48(78-54)64-66-52-60-42(30-56)43(31-57)70(52)32-38-21-15-16-22-39(38)33-71-47(59-5)46(58-4)63-53(71)67-65-49-45(36-19-13-10-14-20-36)62-55(79-49)69(8-2)26-28-77-51(75)37-23-24-40(34(3)72)41(29-37)50(73)74;2-1-3/h9-24,29H,7-8,25-28,32-33H2,1-3,6H3,(H,73,74);. The van der Waals surface area contributed by atoms with Crippen LogP contribution in [0.4, 0.5) is 43.8 Å². The summed E-state index contributed by atoms with van der Waals surface area (Å²) in [5.41, 5.74) is 3.35. The van der Waals surface area contributed by atoms with Crippen LogP contribution in [0.25, 0.3) is 32.2 Å². The fraction of sp³-hybridized carbons (Fsp3) is 0.214. The number of thiazole rings is 2. The number of aromatic nitrogens is 6. The van der Waals surface area contributed by atoms with E-state index >= 15 is 0 Å². The van der Waals surface area contributed by atoms with Crippen LogP contribution in [-0.4, -0.2) is 105 Å². The zero-order valence-corrected chi connectivity index (χ0v) is 45.9. The van der Waals surface area contributed by atoms with Gasteiger partial charge in [-0.15, -0.1) is 15.3 Å². The number of Topliss-reactive ketones (excluding diaryl/α,β-unsaturated/α-hetero) is 1. The van der Waals surface area contributed by atoms with Gasteiger partial charge in [-0.2, -0.15) is 25.1 Å². The number of azo groups is 2. The number of ether oxygens (including phenoxy) is 2. The maximum atomic E-state index is 13.1. The first-order valence-corrected chi connectivity index (χ1v) is 26.3. The van der Waals surface area contributed by atoms with Gasteiger partial charge in [-0.3, -0.25) is 9.36 Å². The molecular formula is C56H46N16O8S2. The van der Waals surface area contributed by atoms with Crippen molar-refractivity contribution in [3.05, 3.63) is 165 Å². The molecule has 0 radical (unpaired) electrons. The SMILES string of the molecule is O=C=O.[C-]#[N+]c1nc(N=Nc2sc(N(CC)CCOC(=O)c3ccc(C(C)=O)c(C(=O)O)c3)nc2-c2ccccc2)n(Cc2ccccc2Cn2c(N=Nc3sc(N(CC)CCOC)nc3-c3ccccc3)nc(C#N)c2C#N)c1[N+]#[C-]. The number of imidazole rings is 2. The Hall–Kier alpha value is -10.7.